The van der Waals surface area contributed by atoms with Crippen molar-refractivity contribution < 1.29 is 19.5 Å². The number of carbonyl (C=O) groups is 3. The first-order chi connectivity index (χ1) is 19.3. The number of amides is 2. The number of carboxylic acids is 1. The number of guanidine groups is 1. The number of azo groups is 1. The van der Waals surface area contributed by atoms with E-state index in [1.54, 1.807) is 48.5 Å². The number of nitrogens with zero attached hydrogens (tertiary/aromatic N) is 3. The molecule has 0 aliphatic carbocycles. The fourth-order valence-corrected chi connectivity index (χ4v) is 3.82. The van der Waals surface area contributed by atoms with Gasteiger partial charge >= 0.3 is 5.97 Å². The molecule has 0 bridgehead atoms. The lowest BCUT2D eigenvalue weighted by molar-refractivity contribution is -0.142. The maximum absolute atomic E-state index is 13.1. The quantitative estimate of drug-likeness (QED) is 0.0900. The molecule has 0 heterocycles. The van der Waals surface area contributed by atoms with E-state index >= 15 is 0 Å². The zero-order valence-electron chi connectivity index (χ0n) is 21.9. The highest BCUT2D eigenvalue weighted by molar-refractivity contribution is 5.91. The summed E-state index contributed by atoms with van der Waals surface area (Å²) in [5.74, 6) is -2.24. The number of rotatable bonds is 14. The van der Waals surface area contributed by atoms with Gasteiger partial charge in [0.05, 0.1) is 17.8 Å². The molecule has 3 aromatic carbocycles. The van der Waals surface area contributed by atoms with Crippen LogP contribution in [0.3, 0.4) is 0 Å². The molecule has 0 spiro atoms. The molecule has 0 saturated heterocycles. The zero-order valence-corrected chi connectivity index (χ0v) is 21.9. The fourth-order valence-electron chi connectivity index (χ4n) is 3.82. The lowest BCUT2D eigenvalue weighted by atomic mass is 10.0. The van der Waals surface area contributed by atoms with Crippen molar-refractivity contribution in [2.75, 3.05) is 6.54 Å². The molecular formula is C29H33N7O4. The topological polar surface area (TPSA) is 185 Å². The van der Waals surface area contributed by atoms with E-state index in [-0.39, 0.29) is 31.8 Å². The van der Waals surface area contributed by atoms with Crippen LogP contribution in [0, 0.1) is 0 Å². The van der Waals surface area contributed by atoms with Crippen LogP contribution in [0.2, 0.25) is 0 Å². The molecule has 7 N–H and O–H groups in total. The predicted molar refractivity (Wildman–Crippen MR) is 152 cm³/mol. The average molecular weight is 544 g/mol. The highest BCUT2D eigenvalue weighted by atomic mass is 16.4. The number of carboxylic acid groups (broad SMARTS) is 1. The lowest BCUT2D eigenvalue weighted by Crippen LogP contribution is -2.52. The fraction of sp³-hybridized carbons (Fsp3) is 0.241. The van der Waals surface area contributed by atoms with Crippen molar-refractivity contribution in [1.82, 2.24) is 10.6 Å². The normalized spacial score (nSPS) is 12.3. The number of nitrogens with two attached hydrogens (primary N) is 2. The van der Waals surface area contributed by atoms with Gasteiger partial charge in [0.1, 0.15) is 12.1 Å². The minimum absolute atomic E-state index is 0.0141. The van der Waals surface area contributed by atoms with Crippen molar-refractivity contribution in [2.24, 2.45) is 26.7 Å². The van der Waals surface area contributed by atoms with E-state index in [4.69, 9.17) is 11.5 Å². The summed E-state index contributed by atoms with van der Waals surface area (Å²) in [7, 11) is 0. The molecule has 40 heavy (non-hydrogen) atoms. The van der Waals surface area contributed by atoms with Crippen LogP contribution in [0.5, 0.6) is 0 Å². The van der Waals surface area contributed by atoms with Crippen LogP contribution < -0.4 is 22.1 Å². The monoisotopic (exact) mass is 543 g/mol. The Morgan fingerprint density at radius 2 is 1.35 bits per heavy atom. The molecule has 0 aromatic heterocycles. The van der Waals surface area contributed by atoms with Gasteiger partial charge in [0, 0.05) is 13.0 Å². The first-order valence-electron chi connectivity index (χ1n) is 12.8. The van der Waals surface area contributed by atoms with E-state index in [2.05, 4.69) is 25.9 Å². The van der Waals surface area contributed by atoms with Crippen LogP contribution in [-0.4, -0.2) is 47.5 Å². The number of nitrogens with one attached hydrogen (secondary N) is 2. The summed E-state index contributed by atoms with van der Waals surface area (Å²) >= 11 is 0. The third-order valence-electron chi connectivity index (χ3n) is 5.83. The molecule has 0 fully saturated rings. The van der Waals surface area contributed by atoms with Crippen LogP contribution in [-0.2, 0) is 27.2 Å². The summed E-state index contributed by atoms with van der Waals surface area (Å²) in [4.78, 5) is 41.7. The first kappa shape index (κ1) is 29.5. The second-order valence-corrected chi connectivity index (χ2v) is 9.04. The van der Waals surface area contributed by atoms with E-state index < -0.39 is 29.9 Å². The van der Waals surface area contributed by atoms with Gasteiger partial charge < -0.3 is 27.2 Å². The van der Waals surface area contributed by atoms with E-state index in [0.717, 1.165) is 11.3 Å². The van der Waals surface area contributed by atoms with E-state index in [1.165, 1.54) is 0 Å². The molecule has 0 saturated carbocycles. The molecule has 0 unspecified atom stereocenters. The standard InChI is InChI=1S/C29H33N7O4/c30-29(31)32-17-7-12-24(27(38)34-25(28(39)40)18-20-8-3-1-4-9-20)33-26(37)19-21-13-15-23(16-14-21)36-35-22-10-5-2-6-11-22/h1-6,8-11,13-16,24-25H,7,12,17-19H2,(H,33,37)(H,34,38)(H,39,40)(H4,30,31,32)/t24-,25-/m0/s1. The number of benzene rings is 3. The van der Waals surface area contributed by atoms with Gasteiger partial charge in [0.25, 0.3) is 0 Å². The third kappa shape index (κ3) is 10.4. The molecular weight excluding hydrogens is 510 g/mol. The molecule has 11 nitrogen and oxygen atoms in total. The zero-order chi connectivity index (χ0) is 28.7. The third-order valence-corrected chi connectivity index (χ3v) is 5.83. The molecule has 0 aliphatic rings. The van der Waals surface area contributed by atoms with Crippen molar-refractivity contribution in [3.05, 3.63) is 96.1 Å². The van der Waals surface area contributed by atoms with Crippen molar-refractivity contribution >= 4 is 35.1 Å². The lowest BCUT2D eigenvalue weighted by Gasteiger charge is -2.21. The van der Waals surface area contributed by atoms with E-state index in [9.17, 15) is 19.5 Å². The van der Waals surface area contributed by atoms with Crippen molar-refractivity contribution in [3.8, 4) is 0 Å². The van der Waals surface area contributed by atoms with Crippen molar-refractivity contribution in [3.63, 3.8) is 0 Å². The van der Waals surface area contributed by atoms with Crippen LogP contribution in [0.15, 0.2) is 100 Å². The number of hydrogen-bond donors (Lipinski definition) is 5. The number of hydrogen-bond acceptors (Lipinski definition) is 6. The maximum atomic E-state index is 13.1. The van der Waals surface area contributed by atoms with Crippen LogP contribution >= 0.6 is 0 Å². The highest BCUT2D eigenvalue weighted by Crippen LogP contribution is 2.18. The molecule has 0 aliphatic heterocycles. The molecule has 3 rings (SSSR count). The molecule has 208 valence electrons. The van der Waals surface area contributed by atoms with Crippen molar-refractivity contribution in [2.45, 2.75) is 37.8 Å². The first-order valence-corrected chi connectivity index (χ1v) is 12.8. The van der Waals surface area contributed by atoms with Crippen molar-refractivity contribution in [1.29, 1.82) is 0 Å². The van der Waals surface area contributed by atoms with Gasteiger partial charge in [0.15, 0.2) is 5.96 Å². The Hall–Kier alpha value is -5.06. The minimum atomic E-state index is -1.17. The van der Waals surface area contributed by atoms with E-state index in [1.807, 2.05) is 36.4 Å². The summed E-state index contributed by atoms with van der Waals surface area (Å²) < 4.78 is 0. The highest BCUT2D eigenvalue weighted by Gasteiger charge is 2.26. The predicted octanol–water partition coefficient (Wildman–Crippen LogP) is 3.00. The molecule has 11 heteroatoms. The Morgan fingerprint density at radius 3 is 1.95 bits per heavy atom. The summed E-state index contributed by atoms with van der Waals surface area (Å²) in [5, 5.41) is 23.3. The van der Waals surface area contributed by atoms with Crippen LogP contribution in [0.1, 0.15) is 24.0 Å². The van der Waals surface area contributed by atoms with Gasteiger partial charge in [-0.1, -0.05) is 60.7 Å². The van der Waals surface area contributed by atoms with Crippen LogP contribution in [0.4, 0.5) is 11.4 Å². The Balaban J connectivity index is 1.63. The Labute approximate surface area is 232 Å². The van der Waals surface area contributed by atoms with E-state index in [0.29, 0.717) is 17.7 Å². The number of aliphatic imine (C=N–C) groups is 1. The largest absolute Gasteiger partial charge is 0.480 e. The molecule has 2 atom stereocenters. The number of aliphatic carboxylic acids is 1. The summed E-state index contributed by atoms with van der Waals surface area (Å²) in [6.45, 7) is 0.257. The minimum Gasteiger partial charge on any atom is -0.480 e. The van der Waals surface area contributed by atoms with Crippen LogP contribution in [0.25, 0.3) is 0 Å². The Bertz CT molecular complexity index is 1310. The molecule has 0 radical (unpaired) electrons. The Kier molecular flexibility index (Phi) is 11.3. The van der Waals surface area contributed by atoms with Gasteiger partial charge in [-0.15, -0.1) is 0 Å². The average Bonchev–Trinajstić information content (AvgIpc) is 2.94. The van der Waals surface area contributed by atoms with Gasteiger partial charge in [-0.05, 0) is 48.2 Å². The molecule has 3 aromatic rings. The number of carbonyl (C=O) groups excluding carboxylic acids is 2. The van der Waals surface area contributed by atoms with Gasteiger partial charge in [-0.2, -0.15) is 10.2 Å². The van der Waals surface area contributed by atoms with Gasteiger partial charge in [-0.25, -0.2) is 4.79 Å². The molecule has 2 amide bonds. The smallest absolute Gasteiger partial charge is 0.326 e. The van der Waals surface area contributed by atoms with Gasteiger partial charge in [-0.3, -0.25) is 14.6 Å². The maximum Gasteiger partial charge on any atom is 0.326 e. The second kappa shape index (κ2) is 15.4. The SMILES string of the molecule is NC(N)=NCCC[C@H](NC(=O)Cc1ccc(N=Nc2ccccc2)cc1)C(=O)N[C@@H](Cc1ccccc1)C(=O)O. The summed E-state index contributed by atoms with van der Waals surface area (Å²) in [5.41, 5.74) is 13.6. The van der Waals surface area contributed by atoms with Gasteiger partial charge in [0.2, 0.25) is 11.8 Å². The summed E-state index contributed by atoms with van der Waals surface area (Å²) in [6.07, 6.45) is 0.726. The Morgan fingerprint density at radius 1 is 0.750 bits per heavy atom. The summed E-state index contributed by atoms with van der Waals surface area (Å²) in [6, 6.07) is 23.2. The second-order valence-electron chi connectivity index (χ2n) is 9.04.